The van der Waals surface area contributed by atoms with E-state index in [2.05, 4.69) is 76.2 Å². The first-order valence-electron chi connectivity index (χ1n) is 14.8. The highest BCUT2D eigenvalue weighted by Crippen LogP contribution is 2.57. The van der Waals surface area contributed by atoms with Gasteiger partial charge in [-0.05, 0) is 45.9 Å². The number of nitrogens with zero attached hydrogens (tertiary/aromatic N) is 3. The molecule has 0 fully saturated rings. The molecule has 0 unspecified atom stereocenters. The average molecular weight is 558 g/mol. The van der Waals surface area contributed by atoms with Crippen molar-refractivity contribution in [1.82, 2.24) is 15.0 Å². The van der Waals surface area contributed by atoms with Crippen molar-refractivity contribution in [2.75, 3.05) is 0 Å². The highest BCUT2D eigenvalue weighted by Gasteiger charge is 2.47. The van der Waals surface area contributed by atoms with Crippen molar-refractivity contribution in [3.05, 3.63) is 126 Å². The van der Waals surface area contributed by atoms with Crippen molar-refractivity contribution < 1.29 is 4.42 Å². The first-order valence-corrected chi connectivity index (χ1v) is 14.8. The Morgan fingerprint density at radius 1 is 0.488 bits per heavy atom. The molecule has 4 heteroatoms. The lowest BCUT2D eigenvalue weighted by Crippen LogP contribution is -2.43. The van der Waals surface area contributed by atoms with Crippen LogP contribution in [0.25, 0.3) is 67.2 Å². The van der Waals surface area contributed by atoms with Gasteiger partial charge in [-0.15, -0.1) is 0 Å². The smallest absolute Gasteiger partial charge is 0.164 e. The minimum atomic E-state index is -0.199. The average Bonchev–Trinajstić information content (AvgIpc) is 3.43. The van der Waals surface area contributed by atoms with Crippen LogP contribution < -0.4 is 0 Å². The molecule has 1 aliphatic carbocycles. The molecule has 4 nitrogen and oxygen atoms in total. The van der Waals surface area contributed by atoms with E-state index in [0.717, 1.165) is 27.9 Å². The molecule has 5 aromatic carbocycles. The molecule has 208 valence electrons. The van der Waals surface area contributed by atoms with Gasteiger partial charge in [0.25, 0.3) is 0 Å². The van der Waals surface area contributed by atoms with Crippen LogP contribution in [0.1, 0.15) is 38.8 Å². The van der Waals surface area contributed by atoms with Crippen LogP contribution in [0.4, 0.5) is 0 Å². The van der Waals surface area contributed by atoms with E-state index in [4.69, 9.17) is 19.4 Å². The van der Waals surface area contributed by atoms with Crippen molar-refractivity contribution >= 4 is 21.9 Å². The van der Waals surface area contributed by atoms with Gasteiger partial charge < -0.3 is 4.42 Å². The molecule has 0 N–H and O–H groups in total. The molecule has 43 heavy (non-hydrogen) atoms. The van der Waals surface area contributed by atoms with E-state index < -0.39 is 0 Å². The SMILES string of the molecule is CC1(C)c2cc(-c3nc(-c4ccccc4)nc(-c4ccccc4)n3)ccc2-c2ccc3oc4ccccc4c3c2C1(C)C. The summed E-state index contributed by atoms with van der Waals surface area (Å²) in [5.41, 5.74) is 9.54. The van der Waals surface area contributed by atoms with E-state index in [0.29, 0.717) is 17.5 Å². The highest BCUT2D eigenvalue weighted by atomic mass is 16.3. The van der Waals surface area contributed by atoms with E-state index in [1.54, 1.807) is 0 Å². The van der Waals surface area contributed by atoms with E-state index in [1.807, 2.05) is 66.7 Å². The Kier molecular flexibility index (Phi) is 5.48. The van der Waals surface area contributed by atoms with Crippen LogP contribution in [0.2, 0.25) is 0 Å². The van der Waals surface area contributed by atoms with Crippen LogP contribution in [0.3, 0.4) is 0 Å². The molecule has 0 spiro atoms. The van der Waals surface area contributed by atoms with Gasteiger partial charge in [0, 0.05) is 32.9 Å². The van der Waals surface area contributed by atoms with Crippen LogP contribution >= 0.6 is 0 Å². The van der Waals surface area contributed by atoms with Crippen LogP contribution in [-0.4, -0.2) is 15.0 Å². The second kappa shape index (κ2) is 9.20. The summed E-state index contributed by atoms with van der Waals surface area (Å²) in [4.78, 5) is 14.9. The zero-order valence-electron chi connectivity index (χ0n) is 24.7. The number of hydrogen-bond acceptors (Lipinski definition) is 4. The predicted octanol–water partition coefficient (Wildman–Crippen LogP) is 10.0. The fraction of sp³-hybridized carbons (Fsp3) is 0.154. The Morgan fingerprint density at radius 2 is 1.05 bits per heavy atom. The van der Waals surface area contributed by atoms with Gasteiger partial charge in [0.2, 0.25) is 0 Å². The van der Waals surface area contributed by atoms with E-state index in [1.165, 1.54) is 33.0 Å². The summed E-state index contributed by atoms with van der Waals surface area (Å²) >= 11 is 0. The minimum Gasteiger partial charge on any atom is -0.456 e. The van der Waals surface area contributed by atoms with Crippen molar-refractivity contribution in [2.24, 2.45) is 0 Å². The summed E-state index contributed by atoms with van der Waals surface area (Å²) in [5, 5.41) is 2.39. The van der Waals surface area contributed by atoms with Crippen LogP contribution in [-0.2, 0) is 10.8 Å². The summed E-state index contributed by atoms with van der Waals surface area (Å²) in [6.07, 6.45) is 0. The fourth-order valence-corrected chi connectivity index (χ4v) is 6.71. The lowest BCUT2D eigenvalue weighted by molar-refractivity contribution is 0.301. The zero-order chi connectivity index (χ0) is 29.3. The van der Waals surface area contributed by atoms with Gasteiger partial charge in [-0.3, -0.25) is 0 Å². The van der Waals surface area contributed by atoms with Crippen LogP contribution in [0.5, 0.6) is 0 Å². The van der Waals surface area contributed by atoms with Gasteiger partial charge >= 0.3 is 0 Å². The zero-order valence-corrected chi connectivity index (χ0v) is 24.7. The second-order valence-electron chi connectivity index (χ2n) is 12.5. The van der Waals surface area contributed by atoms with Crippen LogP contribution in [0.15, 0.2) is 120 Å². The third-order valence-corrected chi connectivity index (χ3v) is 9.67. The normalized spacial score (nSPS) is 14.9. The number of furan rings is 1. The first kappa shape index (κ1) is 25.6. The summed E-state index contributed by atoms with van der Waals surface area (Å²) in [6.45, 7) is 9.45. The van der Waals surface area contributed by atoms with Gasteiger partial charge in [-0.2, -0.15) is 0 Å². The summed E-state index contributed by atoms with van der Waals surface area (Å²) in [7, 11) is 0. The molecule has 1 aliphatic rings. The standard InChI is InChI=1S/C39H31N3O/c1-38(2)30-23-26(37-41-35(24-13-7-5-8-14-24)40-36(42-37)25-15-9-6-10-16-25)19-20-27(30)28-21-22-32-33(34(28)39(38,3)4)29-17-11-12-18-31(29)43-32/h5-23H,1-4H3. The fourth-order valence-electron chi connectivity index (χ4n) is 6.71. The molecule has 0 bridgehead atoms. The Hall–Kier alpha value is -5.09. The molecule has 8 rings (SSSR count). The minimum absolute atomic E-state index is 0.191. The molecule has 2 aromatic heterocycles. The molecular weight excluding hydrogens is 526 g/mol. The monoisotopic (exact) mass is 557 g/mol. The summed E-state index contributed by atoms with van der Waals surface area (Å²) in [6, 6.07) is 39.7. The third-order valence-electron chi connectivity index (χ3n) is 9.67. The maximum absolute atomic E-state index is 6.32. The quantitative estimate of drug-likeness (QED) is 0.217. The highest BCUT2D eigenvalue weighted by molar-refractivity contribution is 6.10. The molecular formula is C39H31N3O. The molecule has 0 atom stereocenters. The Balaban J connectivity index is 1.36. The maximum atomic E-state index is 6.32. The van der Waals surface area contributed by atoms with Gasteiger partial charge in [-0.25, -0.2) is 15.0 Å². The molecule has 0 aliphatic heterocycles. The van der Waals surface area contributed by atoms with Crippen LogP contribution in [0, 0.1) is 0 Å². The number of fused-ring (bicyclic) bond motifs is 7. The van der Waals surface area contributed by atoms with Gasteiger partial charge in [0.05, 0.1) is 0 Å². The van der Waals surface area contributed by atoms with E-state index in [-0.39, 0.29) is 10.8 Å². The Labute approximate surface area is 251 Å². The molecule has 0 saturated carbocycles. The third kappa shape index (κ3) is 3.79. The number of aromatic nitrogens is 3. The van der Waals surface area contributed by atoms with Crippen molar-refractivity contribution in [3.8, 4) is 45.3 Å². The molecule has 7 aromatic rings. The largest absolute Gasteiger partial charge is 0.456 e. The maximum Gasteiger partial charge on any atom is 0.164 e. The number of hydrogen-bond donors (Lipinski definition) is 0. The van der Waals surface area contributed by atoms with Gasteiger partial charge in [-0.1, -0.05) is 125 Å². The summed E-state index contributed by atoms with van der Waals surface area (Å²) in [5.74, 6) is 2.01. The Bertz CT molecular complexity index is 2120. The second-order valence-corrected chi connectivity index (χ2v) is 12.5. The molecule has 0 amide bonds. The van der Waals surface area contributed by atoms with Crippen molar-refractivity contribution in [1.29, 1.82) is 0 Å². The predicted molar refractivity (Wildman–Crippen MR) is 175 cm³/mol. The lowest BCUT2D eigenvalue weighted by Gasteiger charge is -2.48. The van der Waals surface area contributed by atoms with Crippen molar-refractivity contribution in [2.45, 2.75) is 38.5 Å². The number of rotatable bonds is 3. The van der Waals surface area contributed by atoms with Crippen molar-refractivity contribution in [3.63, 3.8) is 0 Å². The van der Waals surface area contributed by atoms with Gasteiger partial charge in [0.1, 0.15) is 11.2 Å². The molecule has 0 saturated heterocycles. The number of para-hydroxylation sites is 1. The first-order chi connectivity index (χ1) is 20.8. The Morgan fingerprint density at radius 3 is 1.70 bits per heavy atom. The molecule has 0 radical (unpaired) electrons. The summed E-state index contributed by atoms with van der Waals surface area (Å²) < 4.78 is 6.32. The van der Waals surface area contributed by atoms with E-state index >= 15 is 0 Å². The lowest BCUT2D eigenvalue weighted by atomic mass is 9.54. The van der Waals surface area contributed by atoms with Gasteiger partial charge in [0.15, 0.2) is 17.5 Å². The van der Waals surface area contributed by atoms with E-state index in [9.17, 15) is 0 Å². The number of benzene rings is 5. The topological polar surface area (TPSA) is 51.8 Å². The molecule has 2 heterocycles.